The van der Waals surface area contributed by atoms with Crippen LogP contribution in [0.5, 0.6) is 0 Å². The fourth-order valence-corrected chi connectivity index (χ4v) is 3.72. The Hall–Kier alpha value is -3.52. The van der Waals surface area contributed by atoms with Gasteiger partial charge >= 0.3 is 0 Å². The van der Waals surface area contributed by atoms with E-state index < -0.39 is 11.7 Å². The Morgan fingerprint density at radius 2 is 1.83 bits per heavy atom. The number of thioether (sulfide) groups is 1. The van der Waals surface area contributed by atoms with Crippen LogP contribution in [0.3, 0.4) is 0 Å². The summed E-state index contributed by atoms with van der Waals surface area (Å²) in [7, 11) is 0. The monoisotopic (exact) mass is 403 g/mol. The molecular formula is C21H17N5O2S. The molecule has 0 unspecified atom stereocenters. The molecule has 0 atom stereocenters. The predicted molar refractivity (Wildman–Crippen MR) is 111 cm³/mol. The van der Waals surface area contributed by atoms with Gasteiger partial charge in [0.25, 0.3) is 5.91 Å². The largest absolute Gasteiger partial charge is 0.319 e. The Balaban J connectivity index is 1.39. The number of carbonyl (C=O) groups is 2. The summed E-state index contributed by atoms with van der Waals surface area (Å²) < 4.78 is 0. The minimum atomic E-state index is -0.616. The first-order valence-electron chi connectivity index (χ1n) is 8.93. The summed E-state index contributed by atoms with van der Waals surface area (Å²) in [4.78, 5) is 32.8. The number of ketones is 1. The van der Waals surface area contributed by atoms with Gasteiger partial charge in [-0.1, -0.05) is 42.5 Å². The Kier molecular flexibility index (Phi) is 5.62. The molecule has 0 aliphatic carbocycles. The molecule has 2 heterocycles. The van der Waals surface area contributed by atoms with Crippen LogP contribution in [-0.4, -0.2) is 31.9 Å². The number of anilines is 1. The highest BCUT2D eigenvalue weighted by Gasteiger charge is 2.14. The Morgan fingerprint density at radius 1 is 1.00 bits per heavy atom. The molecule has 0 saturated carbocycles. The molecule has 7 nitrogen and oxygen atoms in total. The maximum absolute atomic E-state index is 12.2. The summed E-state index contributed by atoms with van der Waals surface area (Å²) in [6.07, 6.45) is 3.28. The van der Waals surface area contributed by atoms with E-state index in [9.17, 15) is 9.59 Å². The van der Waals surface area contributed by atoms with E-state index in [0.717, 1.165) is 21.5 Å². The van der Waals surface area contributed by atoms with Crippen LogP contribution >= 0.6 is 11.8 Å². The number of rotatable bonds is 7. The lowest BCUT2D eigenvalue weighted by Crippen LogP contribution is -2.24. The SMILES string of the molecule is O=C(Cc1ccccc1)C(=O)Nc1cccc(CSc2ncnc3[nH]ncc23)c1. The van der Waals surface area contributed by atoms with E-state index in [1.165, 1.54) is 6.33 Å². The molecule has 0 aliphatic rings. The standard InChI is InChI=1S/C21H17N5O2S/c27-18(10-14-5-2-1-3-6-14)20(28)25-16-8-4-7-15(9-16)12-29-21-17-11-24-26-19(17)22-13-23-21/h1-9,11,13H,10,12H2,(H,25,28)(H,22,23,24,26). The van der Waals surface area contributed by atoms with Crippen molar-refractivity contribution in [2.45, 2.75) is 17.2 Å². The van der Waals surface area contributed by atoms with Gasteiger partial charge in [0.05, 0.1) is 11.6 Å². The summed E-state index contributed by atoms with van der Waals surface area (Å²) in [6.45, 7) is 0. The number of nitrogens with zero attached hydrogens (tertiary/aromatic N) is 3. The highest BCUT2D eigenvalue weighted by molar-refractivity contribution is 7.98. The molecule has 0 aliphatic heterocycles. The van der Waals surface area contributed by atoms with E-state index in [1.807, 2.05) is 48.5 Å². The molecule has 2 aromatic carbocycles. The number of aromatic nitrogens is 4. The quantitative estimate of drug-likeness (QED) is 0.279. The normalized spacial score (nSPS) is 10.8. The van der Waals surface area contributed by atoms with Crippen molar-refractivity contribution >= 4 is 40.2 Å². The van der Waals surface area contributed by atoms with Crippen molar-refractivity contribution in [2.75, 3.05) is 5.32 Å². The average molecular weight is 403 g/mol. The highest BCUT2D eigenvalue weighted by Crippen LogP contribution is 2.27. The van der Waals surface area contributed by atoms with Crippen molar-refractivity contribution < 1.29 is 9.59 Å². The van der Waals surface area contributed by atoms with Gasteiger partial charge in [0.2, 0.25) is 5.78 Å². The molecule has 144 valence electrons. The molecule has 29 heavy (non-hydrogen) atoms. The molecule has 8 heteroatoms. The molecule has 4 aromatic rings. The number of fused-ring (bicyclic) bond motifs is 1. The van der Waals surface area contributed by atoms with Crippen LogP contribution in [0.4, 0.5) is 5.69 Å². The maximum atomic E-state index is 12.2. The van der Waals surface area contributed by atoms with Crippen molar-refractivity contribution in [1.82, 2.24) is 20.2 Å². The third kappa shape index (κ3) is 4.67. The van der Waals surface area contributed by atoms with Crippen molar-refractivity contribution in [1.29, 1.82) is 0 Å². The van der Waals surface area contributed by atoms with Gasteiger partial charge in [0, 0.05) is 17.9 Å². The first kappa shape index (κ1) is 18.8. The molecule has 0 saturated heterocycles. The van der Waals surface area contributed by atoms with Crippen LogP contribution in [0.2, 0.25) is 0 Å². The zero-order chi connectivity index (χ0) is 20.1. The number of aromatic amines is 1. The Morgan fingerprint density at radius 3 is 2.69 bits per heavy atom. The van der Waals surface area contributed by atoms with Crippen LogP contribution < -0.4 is 5.32 Å². The Labute approximate surface area is 171 Å². The molecule has 2 N–H and O–H groups in total. The number of Topliss-reactive ketones (excluding diaryl/α,β-unsaturated/α-hetero) is 1. The third-order valence-electron chi connectivity index (χ3n) is 4.23. The number of hydrogen-bond donors (Lipinski definition) is 2. The van der Waals surface area contributed by atoms with Crippen molar-refractivity contribution in [3.05, 3.63) is 78.2 Å². The van der Waals surface area contributed by atoms with Gasteiger partial charge in [0.15, 0.2) is 5.65 Å². The molecule has 0 fully saturated rings. The molecular weight excluding hydrogens is 386 g/mol. The number of nitrogens with one attached hydrogen (secondary N) is 2. The number of hydrogen-bond acceptors (Lipinski definition) is 6. The number of amides is 1. The predicted octanol–water partition coefficient (Wildman–Crippen LogP) is 3.40. The third-order valence-corrected chi connectivity index (χ3v) is 5.31. The van der Waals surface area contributed by atoms with E-state index in [4.69, 9.17) is 0 Å². The summed E-state index contributed by atoms with van der Waals surface area (Å²) in [5, 5.41) is 11.2. The van der Waals surface area contributed by atoms with Gasteiger partial charge in [0.1, 0.15) is 11.4 Å². The van der Waals surface area contributed by atoms with Crippen LogP contribution in [0.1, 0.15) is 11.1 Å². The minimum Gasteiger partial charge on any atom is -0.319 e. The number of H-pyrrole nitrogens is 1. The fourth-order valence-electron chi connectivity index (χ4n) is 2.81. The first-order valence-corrected chi connectivity index (χ1v) is 9.91. The molecule has 0 bridgehead atoms. The average Bonchev–Trinajstić information content (AvgIpc) is 3.23. The lowest BCUT2D eigenvalue weighted by atomic mass is 10.1. The molecule has 2 aromatic heterocycles. The minimum absolute atomic E-state index is 0.0800. The van der Waals surface area contributed by atoms with E-state index in [0.29, 0.717) is 17.1 Å². The van der Waals surface area contributed by atoms with E-state index >= 15 is 0 Å². The molecule has 4 rings (SSSR count). The topological polar surface area (TPSA) is 101 Å². The van der Waals surface area contributed by atoms with Gasteiger partial charge < -0.3 is 5.32 Å². The first-order chi connectivity index (χ1) is 14.2. The molecule has 1 amide bonds. The van der Waals surface area contributed by atoms with Crippen LogP contribution in [0.15, 0.2) is 72.1 Å². The maximum Gasteiger partial charge on any atom is 0.292 e. The van der Waals surface area contributed by atoms with E-state index in [1.54, 1.807) is 24.0 Å². The lowest BCUT2D eigenvalue weighted by Gasteiger charge is -2.07. The van der Waals surface area contributed by atoms with Crippen molar-refractivity contribution in [3.63, 3.8) is 0 Å². The van der Waals surface area contributed by atoms with Crippen molar-refractivity contribution in [3.8, 4) is 0 Å². The summed E-state index contributed by atoms with van der Waals surface area (Å²) >= 11 is 1.55. The zero-order valence-corrected chi connectivity index (χ0v) is 16.1. The second-order valence-electron chi connectivity index (χ2n) is 6.34. The lowest BCUT2D eigenvalue weighted by molar-refractivity contribution is -0.134. The van der Waals surface area contributed by atoms with E-state index in [-0.39, 0.29) is 6.42 Å². The highest BCUT2D eigenvalue weighted by atomic mass is 32.2. The summed E-state index contributed by atoms with van der Waals surface area (Å²) in [6, 6.07) is 16.6. The van der Waals surface area contributed by atoms with Crippen LogP contribution in [0, 0.1) is 0 Å². The van der Waals surface area contributed by atoms with Crippen LogP contribution in [0.25, 0.3) is 11.0 Å². The molecule has 0 spiro atoms. The second kappa shape index (κ2) is 8.66. The summed E-state index contributed by atoms with van der Waals surface area (Å²) in [5.74, 6) is -0.437. The Bertz CT molecular complexity index is 1160. The number of carbonyl (C=O) groups excluding carboxylic acids is 2. The smallest absolute Gasteiger partial charge is 0.292 e. The van der Waals surface area contributed by atoms with Crippen LogP contribution in [-0.2, 0) is 21.8 Å². The van der Waals surface area contributed by atoms with Crippen molar-refractivity contribution in [2.24, 2.45) is 0 Å². The molecule has 0 radical (unpaired) electrons. The zero-order valence-electron chi connectivity index (χ0n) is 15.3. The summed E-state index contributed by atoms with van der Waals surface area (Å²) in [5.41, 5.74) is 3.10. The van der Waals surface area contributed by atoms with Gasteiger partial charge in [-0.15, -0.1) is 11.8 Å². The van der Waals surface area contributed by atoms with E-state index in [2.05, 4.69) is 25.5 Å². The number of benzene rings is 2. The van der Waals surface area contributed by atoms with Gasteiger partial charge in [-0.2, -0.15) is 5.10 Å². The van der Waals surface area contributed by atoms with Gasteiger partial charge in [-0.3, -0.25) is 14.7 Å². The second-order valence-corrected chi connectivity index (χ2v) is 7.30. The van der Waals surface area contributed by atoms with Gasteiger partial charge in [-0.05, 0) is 23.3 Å². The fraction of sp³-hybridized carbons (Fsp3) is 0.0952. The van der Waals surface area contributed by atoms with Gasteiger partial charge in [-0.25, -0.2) is 9.97 Å².